The number of morpholine rings is 1. The van der Waals surface area contributed by atoms with E-state index in [4.69, 9.17) is 22.2 Å². The third kappa shape index (κ3) is 12.9. The minimum atomic E-state index is 0.470. The summed E-state index contributed by atoms with van der Waals surface area (Å²) < 4.78 is 5.47. The molecule has 39 heavy (non-hydrogen) atoms. The zero-order chi connectivity index (χ0) is 27.4. The Hall–Kier alpha value is -3.26. The molecule has 1 saturated heterocycles. The van der Waals surface area contributed by atoms with E-state index >= 15 is 0 Å². The van der Waals surface area contributed by atoms with Crippen molar-refractivity contribution in [2.45, 2.75) is 44.9 Å². The minimum absolute atomic E-state index is 0.470. The van der Waals surface area contributed by atoms with E-state index in [9.17, 15) is 0 Å². The molecule has 0 bridgehead atoms. The number of nitrogens with zero attached hydrogens (tertiary/aromatic N) is 5. The number of benzene rings is 1. The molecular formula is C29H42N8OS. The SMILES string of the molecule is N#C/N=C(\NCCCCCCCCN(CCCN1CCOCC1)C(=S)Nc1ccccc1)Nc1ccncc1. The van der Waals surface area contributed by atoms with E-state index in [1.807, 2.05) is 36.5 Å². The molecule has 9 nitrogen and oxygen atoms in total. The number of pyridine rings is 1. The van der Waals surface area contributed by atoms with Gasteiger partial charge in [-0.15, -0.1) is 4.99 Å². The van der Waals surface area contributed by atoms with E-state index < -0.39 is 0 Å². The Bertz CT molecular complexity index is 1010. The Morgan fingerprint density at radius 3 is 2.33 bits per heavy atom. The summed E-state index contributed by atoms with van der Waals surface area (Å²) in [6.45, 7) is 7.51. The highest BCUT2D eigenvalue weighted by atomic mass is 32.1. The minimum Gasteiger partial charge on any atom is -0.379 e. The largest absolute Gasteiger partial charge is 0.379 e. The normalized spacial score (nSPS) is 13.9. The molecule has 0 saturated carbocycles. The maximum Gasteiger partial charge on any atom is 0.211 e. The number of rotatable bonds is 15. The fourth-order valence-electron chi connectivity index (χ4n) is 4.42. The molecule has 0 atom stereocenters. The van der Waals surface area contributed by atoms with Crippen LogP contribution in [0, 0.1) is 11.5 Å². The van der Waals surface area contributed by atoms with Gasteiger partial charge in [0.05, 0.1) is 13.2 Å². The average molecular weight is 551 g/mol. The van der Waals surface area contributed by atoms with Gasteiger partial charge in [0.15, 0.2) is 5.11 Å². The maximum atomic E-state index is 8.94. The third-order valence-corrected chi connectivity index (χ3v) is 6.93. The van der Waals surface area contributed by atoms with Crippen molar-refractivity contribution in [1.82, 2.24) is 20.1 Å². The number of nitriles is 1. The van der Waals surface area contributed by atoms with Crippen LogP contribution in [0.3, 0.4) is 0 Å². The second-order valence-corrected chi connectivity index (χ2v) is 9.95. The smallest absolute Gasteiger partial charge is 0.211 e. The van der Waals surface area contributed by atoms with Crippen molar-refractivity contribution in [1.29, 1.82) is 5.26 Å². The number of para-hydroxylation sites is 1. The second-order valence-electron chi connectivity index (χ2n) is 9.56. The summed E-state index contributed by atoms with van der Waals surface area (Å²) >= 11 is 5.79. The number of ether oxygens (including phenoxy) is 1. The Balaban J connectivity index is 1.30. The molecule has 1 aliphatic rings. The van der Waals surface area contributed by atoms with Crippen LogP contribution in [0.2, 0.25) is 0 Å². The van der Waals surface area contributed by atoms with Gasteiger partial charge in [-0.3, -0.25) is 9.88 Å². The Kier molecular flexibility index (Phi) is 14.7. The molecule has 2 aromatic rings. The van der Waals surface area contributed by atoms with E-state index in [0.29, 0.717) is 5.96 Å². The topological polar surface area (TPSA) is 101 Å². The molecule has 3 N–H and O–H groups in total. The second kappa shape index (κ2) is 18.9. The van der Waals surface area contributed by atoms with E-state index in [1.165, 1.54) is 19.3 Å². The van der Waals surface area contributed by atoms with Crippen LogP contribution >= 0.6 is 12.2 Å². The van der Waals surface area contributed by atoms with Crippen LogP contribution < -0.4 is 16.0 Å². The maximum absolute atomic E-state index is 8.94. The van der Waals surface area contributed by atoms with E-state index in [2.05, 4.69) is 47.9 Å². The first-order valence-electron chi connectivity index (χ1n) is 14.0. The van der Waals surface area contributed by atoms with Crippen molar-refractivity contribution in [3.8, 4) is 6.19 Å². The first-order chi connectivity index (χ1) is 19.2. The van der Waals surface area contributed by atoms with Crippen molar-refractivity contribution in [3.63, 3.8) is 0 Å². The summed E-state index contributed by atoms with van der Waals surface area (Å²) in [4.78, 5) is 12.6. The highest BCUT2D eigenvalue weighted by Gasteiger charge is 2.13. The molecular weight excluding hydrogens is 508 g/mol. The van der Waals surface area contributed by atoms with Crippen LogP contribution in [0.1, 0.15) is 44.9 Å². The molecule has 1 aliphatic heterocycles. The van der Waals surface area contributed by atoms with Gasteiger partial charge in [-0.2, -0.15) is 5.26 Å². The molecule has 0 amide bonds. The fourth-order valence-corrected chi connectivity index (χ4v) is 4.72. The van der Waals surface area contributed by atoms with Crippen LogP contribution in [-0.4, -0.2) is 78.3 Å². The number of hydrogen-bond acceptors (Lipinski definition) is 6. The number of guanidine groups is 1. The van der Waals surface area contributed by atoms with Crippen molar-refractivity contribution in [3.05, 3.63) is 54.9 Å². The summed E-state index contributed by atoms with van der Waals surface area (Å²) in [7, 11) is 0. The van der Waals surface area contributed by atoms with Gasteiger partial charge < -0.3 is 25.6 Å². The number of unbranched alkanes of at least 4 members (excludes halogenated alkanes) is 5. The molecule has 210 valence electrons. The molecule has 1 aromatic carbocycles. The zero-order valence-electron chi connectivity index (χ0n) is 22.9. The lowest BCUT2D eigenvalue weighted by molar-refractivity contribution is 0.0368. The summed E-state index contributed by atoms with van der Waals surface area (Å²) in [5.74, 6) is 0.470. The van der Waals surface area contributed by atoms with Crippen LogP contribution in [0.4, 0.5) is 11.4 Å². The Morgan fingerprint density at radius 1 is 0.923 bits per heavy atom. The molecule has 1 aromatic heterocycles. The predicted octanol–water partition coefficient (Wildman–Crippen LogP) is 4.68. The lowest BCUT2D eigenvalue weighted by Gasteiger charge is -2.29. The number of aliphatic imine (C=N–C) groups is 1. The highest BCUT2D eigenvalue weighted by Crippen LogP contribution is 2.11. The average Bonchev–Trinajstić information content (AvgIpc) is 2.97. The highest BCUT2D eigenvalue weighted by molar-refractivity contribution is 7.80. The number of anilines is 2. The predicted molar refractivity (Wildman–Crippen MR) is 163 cm³/mol. The van der Waals surface area contributed by atoms with Gasteiger partial charge in [0.25, 0.3) is 0 Å². The van der Waals surface area contributed by atoms with Crippen LogP contribution in [-0.2, 0) is 4.74 Å². The number of nitrogens with one attached hydrogen (secondary N) is 3. The fraction of sp³-hybridized carbons (Fsp3) is 0.517. The number of hydrogen-bond donors (Lipinski definition) is 3. The molecule has 0 spiro atoms. The summed E-state index contributed by atoms with van der Waals surface area (Å²) in [5.41, 5.74) is 1.88. The Labute approximate surface area is 238 Å². The lowest BCUT2D eigenvalue weighted by Crippen LogP contribution is -2.40. The van der Waals surface area contributed by atoms with Crippen molar-refractivity contribution in [2.75, 3.05) is 63.1 Å². The number of thiocarbonyl (C=S) groups is 1. The van der Waals surface area contributed by atoms with E-state index in [-0.39, 0.29) is 0 Å². The van der Waals surface area contributed by atoms with E-state index in [0.717, 1.165) is 94.7 Å². The molecule has 0 unspecified atom stereocenters. The van der Waals surface area contributed by atoms with Gasteiger partial charge in [-0.05, 0) is 55.7 Å². The molecule has 2 heterocycles. The first-order valence-corrected chi connectivity index (χ1v) is 14.4. The van der Waals surface area contributed by atoms with Gasteiger partial charge in [0.2, 0.25) is 12.2 Å². The molecule has 1 fully saturated rings. The summed E-state index contributed by atoms with van der Waals surface area (Å²) in [6.07, 6.45) is 13.2. The first kappa shape index (κ1) is 30.3. The number of aromatic nitrogens is 1. The standard InChI is InChI=1S/C29H42N8OS/c30-25-33-28(34-27-13-16-31-17-14-27)32-15-8-3-1-2-4-9-19-37(20-10-18-36-21-23-38-24-22-36)29(39)35-26-11-6-5-7-12-26/h5-7,11-14,16-17H,1-4,8-10,15,18-24H2,(H,35,39)(H2,31,32,33,34). The molecule has 0 radical (unpaired) electrons. The van der Waals surface area contributed by atoms with Gasteiger partial charge >= 0.3 is 0 Å². The van der Waals surface area contributed by atoms with Crippen LogP contribution in [0.25, 0.3) is 0 Å². The van der Waals surface area contributed by atoms with Gasteiger partial charge in [0, 0.05) is 63.0 Å². The van der Waals surface area contributed by atoms with Crippen LogP contribution in [0.5, 0.6) is 0 Å². The van der Waals surface area contributed by atoms with Gasteiger partial charge in [-0.1, -0.05) is 43.9 Å². The van der Waals surface area contributed by atoms with Crippen molar-refractivity contribution < 1.29 is 4.74 Å². The van der Waals surface area contributed by atoms with Crippen molar-refractivity contribution in [2.24, 2.45) is 4.99 Å². The molecule has 0 aliphatic carbocycles. The third-order valence-electron chi connectivity index (χ3n) is 6.57. The van der Waals surface area contributed by atoms with E-state index in [1.54, 1.807) is 12.4 Å². The summed E-state index contributed by atoms with van der Waals surface area (Å²) in [6, 6.07) is 13.8. The van der Waals surface area contributed by atoms with Crippen LogP contribution in [0.15, 0.2) is 59.9 Å². The molecule has 10 heteroatoms. The van der Waals surface area contributed by atoms with Gasteiger partial charge in [-0.25, -0.2) is 0 Å². The quantitative estimate of drug-likeness (QED) is 0.0959. The molecule has 3 rings (SSSR count). The van der Waals surface area contributed by atoms with Gasteiger partial charge in [0.1, 0.15) is 0 Å². The lowest BCUT2D eigenvalue weighted by atomic mass is 10.1. The van der Waals surface area contributed by atoms with Crippen molar-refractivity contribution >= 4 is 34.7 Å². The summed E-state index contributed by atoms with van der Waals surface area (Å²) in [5, 5.41) is 19.5. The zero-order valence-corrected chi connectivity index (χ0v) is 23.7. The monoisotopic (exact) mass is 550 g/mol. The Morgan fingerprint density at radius 2 is 1.59 bits per heavy atom.